The number of hydrogen-bond acceptors (Lipinski definition) is 1. The van der Waals surface area contributed by atoms with Gasteiger partial charge in [-0.2, -0.15) is 0 Å². The zero-order chi connectivity index (χ0) is 17.1. The lowest BCUT2D eigenvalue weighted by Crippen LogP contribution is -2.18. The minimum Gasteiger partial charge on any atom is -0.377 e. The van der Waals surface area contributed by atoms with E-state index in [0.29, 0.717) is 11.8 Å². The fraction of sp³-hybridized carbons (Fsp3) is 0.636. The maximum atomic E-state index is 6.07. The molecule has 0 radical (unpaired) electrons. The second-order valence-electron chi connectivity index (χ2n) is 7.18. The molecule has 2 atom stereocenters. The predicted molar refractivity (Wildman–Crippen MR) is 103 cm³/mol. The van der Waals surface area contributed by atoms with Gasteiger partial charge in [0.25, 0.3) is 0 Å². The molecule has 0 spiro atoms. The highest BCUT2D eigenvalue weighted by Crippen LogP contribution is 2.28. The summed E-state index contributed by atoms with van der Waals surface area (Å²) in [6.45, 7) is 14.3. The molecule has 130 valence electrons. The molecule has 0 aromatic heterocycles. The van der Waals surface area contributed by atoms with Gasteiger partial charge in [-0.25, -0.2) is 0 Å². The Labute approximate surface area is 144 Å². The number of rotatable bonds is 9. The van der Waals surface area contributed by atoms with Crippen LogP contribution < -0.4 is 0 Å². The van der Waals surface area contributed by atoms with Crippen LogP contribution >= 0.6 is 0 Å². The lowest BCUT2D eigenvalue weighted by Gasteiger charge is -2.26. The Balaban J connectivity index is 2.48. The molecule has 1 rings (SSSR count). The summed E-state index contributed by atoms with van der Waals surface area (Å²) in [7, 11) is 0. The van der Waals surface area contributed by atoms with Crippen molar-refractivity contribution in [3.8, 4) is 0 Å². The van der Waals surface area contributed by atoms with Gasteiger partial charge in [-0.1, -0.05) is 70.1 Å². The summed E-state index contributed by atoms with van der Waals surface area (Å²) in [6, 6.07) is 0. The maximum absolute atomic E-state index is 6.07. The van der Waals surface area contributed by atoms with Crippen molar-refractivity contribution >= 4 is 0 Å². The van der Waals surface area contributed by atoms with Crippen LogP contribution in [0, 0.1) is 23.7 Å². The average Bonchev–Trinajstić information content (AvgIpc) is 2.57. The lowest BCUT2D eigenvalue weighted by atomic mass is 9.83. The molecule has 0 N–H and O–H groups in total. The monoisotopic (exact) mass is 316 g/mol. The van der Waals surface area contributed by atoms with Crippen molar-refractivity contribution in [2.24, 2.45) is 23.7 Å². The fourth-order valence-electron chi connectivity index (χ4n) is 2.93. The number of ether oxygens (including phenoxy) is 1. The van der Waals surface area contributed by atoms with E-state index in [4.69, 9.17) is 4.74 Å². The Morgan fingerprint density at radius 2 is 1.87 bits per heavy atom. The van der Waals surface area contributed by atoms with Crippen molar-refractivity contribution in [3.05, 3.63) is 48.6 Å². The molecular weight excluding hydrogens is 280 g/mol. The maximum Gasteiger partial charge on any atom is 0.0685 e. The smallest absolute Gasteiger partial charge is 0.0685 e. The van der Waals surface area contributed by atoms with E-state index in [1.54, 1.807) is 0 Å². The van der Waals surface area contributed by atoms with E-state index in [-0.39, 0.29) is 0 Å². The lowest BCUT2D eigenvalue weighted by molar-refractivity contribution is 0.0915. The van der Waals surface area contributed by atoms with E-state index in [1.165, 1.54) is 31.3 Å². The van der Waals surface area contributed by atoms with E-state index in [0.717, 1.165) is 25.0 Å². The molecule has 1 aliphatic carbocycles. The van der Waals surface area contributed by atoms with Gasteiger partial charge < -0.3 is 4.74 Å². The van der Waals surface area contributed by atoms with Crippen molar-refractivity contribution in [1.29, 1.82) is 0 Å². The zero-order valence-corrected chi connectivity index (χ0v) is 15.6. The van der Waals surface area contributed by atoms with Gasteiger partial charge in [-0.15, -0.1) is 6.58 Å². The minimum absolute atomic E-state index is 0.403. The van der Waals surface area contributed by atoms with Gasteiger partial charge >= 0.3 is 0 Å². The predicted octanol–water partition coefficient (Wildman–Crippen LogP) is 6.35. The third kappa shape index (κ3) is 8.37. The topological polar surface area (TPSA) is 9.23 Å². The highest BCUT2D eigenvalue weighted by Gasteiger charge is 2.18. The van der Waals surface area contributed by atoms with Gasteiger partial charge in [-0.05, 0) is 49.0 Å². The van der Waals surface area contributed by atoms with Gasteiger partial charge in [0, 0.05) is 6.61 Å². The van der Waals surface area contributed by atoms with E-state index in [9.17, 15) is 0 Å². The molecule has 0 aliphatic heterocycles. The third-order valence-electron chi connectivity index (χ3n) is 4.92. The molecule has 0 bridgehead atoms. The van der Waals surface area contributed by atoms with E-state index < -0.39 is 0 Å². The van der Waals surface area contributed by atoms with Crippen LogP contribution in [0.15, 0.2) is 48.6 Å². The van der Waals surface area contributed by atoms with Gasteiger partial charge in [0.2, 0.25) is 0 Å². The summed E-state index contributed by atoms with van der Waals surface area (Å²) < 4.78 is 6.07. The molecule has 1 saturated carbocycles. The molecule has 1 heteroatoms. The van der Waals surface area contributed by atoms with Gasteiger partial charge in [0.15, 0.2) is 0 Å². The zero-order valence-electron chi connectivity index (χ0n) is 15.6. The normalized spacial score (nSPS) is 25.8. The van der Waals surface area contributed by atoms with Crippen LogP contribution in [0.25, 0.3) is 0 Å². The molecule has 0 saturated heterocycles. The highest BCUT2D eigenvalue weighted by molar-refractivity contribution is 5.19. The van der Waals surface area contributed by atoms with Gasteiger partial charge in [0.05, 0.1) is 6.61 Å². The standard InChI is InChI=1S/C22H36O/c1-6-8-9-22(20(5)13-10-18(3)7-2)17-23-16-21-14-11-19(4)12-15-21/h6-10,13,18-21H,2,11-12,14-17H2,1,3-5H3/b8-6-,13-10-,22-9+. The number of hydrogen-bond donors (Lipinski definition) is 0. The SMILES string of the molecule is C=CC(C)/C=C\C(C)/C(=C/C=C\C)COCC1CCC(C)CC1. The van der Waals surface area contributed by atoms with Crippen molar-refractivity contribution in [3.63, 3.8) is 0 Å². The summed E-state index contributed by atoms with van der Waals surface area (Å²) in [5, 5.41) is 0. The quantitative estimate of drug-likeness (QED) is 0.356. The van der Waals surface area contributed by atoms with Crippen molar-refractivity contribution < 1.29 is 4.74 Å². The molecule has 1 aliphatic rings. The summed E-state index contributed by atoms with van der Waals surface area (Å²) in [6.07, 6.45) is 18.3. The van der Waals surface area contributed by atoms with E-state index >= 15 is 0 Å². The summed E-state index contributed by atoms with van der Waals surface area (Å²) in [4.78, 5) is 0. The van der Waals surface area contributed by atoms with Crippen LogP contribution in [0.4, 0.5) is 0 Å². The Kier molecular flexibility index (Phi) is 9.94. The van der Waals surface area contributed by atoms with Crippen LogP contribution in [0.1, 0.15) is 53.4 Å². The molecule has 0 heterocycles. The van der Waals surface area contributed by atoms with Crippen LogP contribution in [0.3, 0.4) is 0 Å². The molecule has 0 aromatic carbocycles. The minimum atomic E-state index is 0.403. The van der Waals surface area contributed by atoms with Crippen LogP contribution in [0.2, 0.25) is 0 Å². The second-order valence-corrected chi connectivity index (χ2v) is 7.18. The Bertz CT molecular complexity index is 408. The molecular formula is C22H36O. The first-order chi connectivity index (χ1) is 11.1. The summed E-state index contributed by atoms with van der Waals surface area (Å²) in [5.74, 6) is 2.50. The van der Waals surface area contributed by atoms with Gasteiger partial charge in [0.1, 0.15) is 0 Å². The Morgan fingerprint density at radius 3 is 2.48 bits per heavy atom. The Hall–Kier alpha value is -1.08. The molecule has 1 fully saturated rings. The molecule has 1 nitrogen and oxygen atoms in total. The first kappa shape index (κ1) is 20.0. The molecule has 2 unspecified atom stereocenters. The van der Waals surface area contributed by atoms with Crippen molar-refractivity contribution in [1.82, 2.24) is 0 Å². The third-order valence-corrected chi connectivity index (χ3v) is 4.92. The van der Waals surface area contributed by atoms with Crippen LogP contribution in [-0.4, -0.2) is 13.2 Å². The Morgan fingerprint density at radius 1 is 1.17 bits per heavy atom. The highest BCUT2D eigenvalue weighted by atomic mass is 16.5. The average molecular weight is 317 g/mol. The number of allylic oxidation sites excluding steroid dienone is 6. The van der Waals surface area contributed by atoms with E-state index in [1.807, 2.05) is 6.08 Å². The van der Waals surface area contributed by atoms with Crippen LogP contribution in [-0.2, 0) is 4.74 Å². The first-order valence-corrected chi connectivity index (χ1v) is 9.27. The molecule has 0 aromatic rings. The fourth-order valence-corrected chi connectivity index (χ4v) is 2.93. The van der Waals surface area contributed by atoms with E-state index in [2.05, 4.69) is 64.7 Å². The summed E-state index contributed by atoms with van der Waals surface area (Å²) in [5.41, 5.74) is 1.35. The largest absolute Gasteiger partial charge is 0.377 e. The molecule has 23 heavy (non-hydrogen) atoms. The first-order valence-electron chi connectivity index (χ1n) is 9.27. The van der Waals surface area contributed by atoms with Gasteiger partial charge in [-0.3, -0.25) is 0 Å². The van der Waals surface area contributed by atoms with Crippen molar-refractivity contribution in [2.45, 2.75) is 53.4 Å². The summed E-state index contributed by atoms with van der Waals surface area (Å²) >= 11 is 0. The molecule has 0 amide bonds. The van der Waals surface area contributed by atoms with Crippen molar-refractivity contribution in [2.75, 3.05) is 13.2 Å². The van der Waals surface area contributed by atoms with Crippen LogP contribution in [0.5, 0.6) is 0 Å². The second kappa shape index (κ2) is 11.5.